The third-order valence-corrected chi connectivity index (χ3v) is 4.43. The van der Waals surface area contributed by atoms with Gasteiger partial charge in [-0.05, 0) is 49.9 Å². The highest BCUT2D eigenvalue weighted by Gasteiger charge is 2.24. The van der Waals surface area contributed by atoms with E-state index in [1.54, 1.807) is 7.11 Å². The van der Waals surface area contributed by atoms with Gasteiger partial charge in [0.1, 0.15) is 5.75 Å². The molecule has 1 N–H and O–H groups in total. The van der Waals surface area contributed by atoms with Crippen LogP contribution in [-0.2, 0) is 11.3 Å². The molecule has 0 bridgehead atoms. The fourth-order valence-corrected chi connectivity index (χ4v) is 3.13. The summed E-state index contributed by atoms with van der Waals surface area (Å²) in [7, 11) is 1.66. The number of rotatable bonds is 7. The summed E-state index contributed by atoms with van der Waals surface area (Å²) in [5.74, 6) is 1.63. The molecule has 0 radical (unpaired) electrons. The molecular formula is C18H29NO3. The molecule has 0 aliphatic carbocycles. The van der Waals surface area contributed by atoms with Crippen molar-refractivity contribution in [2.75, 3.05) is 26.8 Å². The van der Waals surface area contributed by atoms with Crippen LogP contribution in [0.15, 0.2) is 24.3 Å². The van der Waals surface area contributed by atoms with Gasteiger partial charge in [0, 0.05) is 12.6 Å². The predicted molar refractivity (Wildman–Crippen MR) is 88.1 cm³/mol. The molecule has 124 valence electrons. The maximum Gasteiger partial charge on any atom is 0.119 e. The molecule has 0 saturated carbocycles. The Hall–Kier alpha value is -1.10. The molecule has 2 rings (SSSR count). The standard InChI is InChI=1S/C18H29NO3/c1-14-7-8-19(15(2)9-14)11-17(20)13-22-12-16-5-4-6-18(10-16)21-3/h4-6,10,14-15,17,20H,7-9,11-13H2,1-3H3. The molecule has 0 spiro atoms. The molecule has 1 aromatic carbocycles. The number of hydrogen-bond acceptors (Lipinski definition) is 4. The van der Waals surface area contributed by atoms with E-state index in [0.29, 0.717) is 25.8 Å². The van der Waals surface area contributed by atoms with E-state index in [2.05, 4.69) is 18.7 Å². The minimum Gasteiger partial charge on any atom is -0.497 e. The first-order valence-corrected chi connectivity index (χ1v) is 8.21. The van der Waals surface area contributed by atoms with Crippen molar-refractivity contribution in [3.05, 3.63) is 29.8 Å². The van der Waals surface area contributed by atoms with Gasteiger partial charge in [-0.2, -0.15) is 0 Å². The van der Waals surface area contributed by atoms with Crippen molar-refractivity contribution in [2.45, 2.75) is 45.4 Å². The molecule has 4 heteroatoms. The molecule has 0 aromatic heterocycles. The molecular weight excluding hydrogens is 278 g/mol. The third-order valence-electron chi connectivity index (χ3n) is 4.43. The minimum atomic E-state index is -0.429. The summed E-state index contributed by atoms with van der Waals surface area (Å²) >= 11 is 0. The SMILES string of the molecule is COc1cccc(COCC(O)CN2CCC(C)CC2C)c1. The van der Waals surface area contributed by atoms with Crippen molar-refractivity contribution in [1.29, 1.82) is 0 Å². The maximum atomic E-state index is 10.2. The summed E-state index contributed by atoms with van der Waals surface area (Å²) < 4.78 is 10.8. The van der Waals surface area contributed by atoms with E-state index < -0.39 is 6.10 Å². The normalized spacial score (nSPS) is 24.2. The summed E-state index contributed by atoms with van der Waals surface area (Å²) in [5, 5.41) is 10.2. The van der Waals surface area contributed by atoms with Gasteiger partial charge in [0.15, 0.2) is 0 Å². The van der Waals surface area contributed by atoms with Gasteiger partial charge in [-0.3, -0.25) is 4.90 Å². The number of ether oxygens (including phenoxy) is 2. The number of hydrogen-bond donors (Lipinski definition) is 1. The number of piperidine rings is 1. The Bertz CT molecular complexity index is 452. The Morgan fingerprint density at radius 3 is 2.91 bits per heavy atom. The Labute approximate surface area is 134 Å². The summed E-state index contributed by atoms with van der Waals surface area (Å²) in [4.78, 5) is 2.37. The number of benzene rings is 1. The van der Waals surface area contributed by atoms with Crippen LogP contribution in [0.5, 0.6) is 5.75 Å². The second kappa shape index (κ2) is 8.51. The molecule has 4 nitrogen and oxygen atoms in total. The number of nitrogens with zero attached hydrogens (tertiary/aromatic N) is 1. The van der Waals surface area contributed by atoms with E-state index in [4.69, 9.17) is 9.47 Å². The van der Waals surface area contributed by atoms with Crippen molar-refractivity contribution in [1.82, 2.24) is 4.90 Å². The highest BCUT2D eigenvalue weighted by molar-refractivity contribution is 5.27. The Kier molecular flexibility index (Phi) is 6.68. The van der Waals surface area contributed by atoms with Crippen LogP contribution in [-0.4, -0.2) is 49.0 Å². The lowest BCUT2D eigenvalue weighted by molar-refractivity contribution is -0.00514. The fourth-order valence-electron chi connectivity index (χ4n) is 3.13. The summed E-state index contributed by atoms with van der Waals surface area (Å²) in [6.45, 7) is 7.21. The van der Waals surface area contributed by atoms with Crippen molar-refractivity contribution < 1.29 is 14.6 Å². The van der Waals surface area contributed by atoms with Crippen molar-refractivity contribution in [3.63, 3.8) is 0 Å². The Morgan fingerprint density at radius 2 is 2.18 bits per heavy atom. The number of β-amino-alcohol motifs (C(OH)–C–C–N with tert-alkyl or cyclic N) is 1. The molecule has 1 heterocycles. The van der Waals surface area contributed by atoms with E-state index in [0.717, 1.165) is 23.8 Å². The smallest absolute Gasteiger partial charge is 0.119 e. The van der Waals surface area contributed by atoms with E-state index >= 15 is 0 Å². The number of methoxy groups -OCH3 is 1. The second-order valence-corrected chi connectivity index (χ2v) is 6.49. The first-order valence-electron chi connectivity index (χ1n) is 8.21. The highest BCUT2D eigenvalue weighted by Crippen LogP contribution is 2.22. The van der Waals surface area contributed by atoms with Crippen LogP contribution in [0.3, 0.4) is 0 Å². The van der Waals surface area contributed by atoms with Gasteiger partial charge in [-0.1, -0.05) is 19.1 Å². The van der Waals surface area contributed by atoms with Crippen LogP contribution in [0.4, 0.5) is 0 Å². The van der Waals surface area contributed by atoms with Crippen LogP contribution in [0.1, 0.15) is 32.3 Å². The zero-order valence-corrected chi connectivity index (χ0v) is 14.0. The average molecular weight is 307 g/mol. The van der Waals surface area contributed by atoms with Crippen LogP contribution in [0, 0.1) is 5.92 Å². The number of aliphatic hydroxyl groups is 1. The molecule has 3 unspecified atom stereocenters. The van der Waals surface area contributed by atoms with Gasteiger partial charge in [0.2, 0.25) is 0 Å². The number of likely N-dealkylation sites (tertiary alicyclic amines) is 1. The predicted octanol–water partition coefficient (Wildman–Crippen LogP) is 2.69. The van der Waals surface area contributed by atoms with E-state index in [1.807, 2.05) is 24.3 Å². The lowest BCUT2D eigenvalue weighted by atomic mass is 9.93. The van der Waals surface area contributed by atoms with Gasteiger partial charge in [0.25, 0.3) is 0 Å². The summed E-state index contributed by atoms with van der Waals surface area (Å²) in [6.07, 6.45) is 2.01. The van der Waals surface area contributed by atoms with E-state index in [9.17, 15) is 5.11 Å². The molecule has 3 atom stereocenters. The Morgan fingerprint density at radius 1 is 1.36 bits per heavy atom. The maximum absolute atomic E-state index is 10.2. The van der Waals surface area contributed by atoms with E-state index in [-0.39, 0.29) is 0 Å². The van der Waals surface area contributed by atoms with Gasteiger partial charge in [-0.15, -0.1) is 0 Å². The monoisotopic (exact) mass is 307 g/mol. The fraction of sp³-hybridized carbons (Fsp3) is 0.667. The van der Waals surface area contributed by atoms with E-state index in [1.165, 1.54) is 12.8 Å². The minimum absolute atomic E-state index is 0.371. The average Bonchev–Trinajstić information content (AvgIpc) is 2.50. The van der Waals surface area contributed by atoms with Gasteiger partial charge < -0.3 is 14.6 Å². The second-order valence-electron chi connectivity index (χ2n) is 6.49. The largest absolute Gasteiger partial charge is 0.497 e. The van der Waals surface area contributed by atoms with Crippen molar-refractivity contribution >= 4 is 0 Å². The quantitative estimate of drug-likeness (QED) is 0.841. The lowest BCUT2D eigenvalue weighted by Gasteiger charge is -2.37. The summed E-state index contributed by atoms with van der Waals surface area (Å²) in [6, 6.07) is 8.38. The Balaban J connectivity index is 1.70. The molecule has 0 amide bonds. The van der Waals surface area contributed by atoms with Gasteiger partial charge >= 0.3 is 0 Å². The molecule has 1 aliphatic rings. The van der Waals surface area contributed by atoms with Crippen LogP contribution in [0.2, 0.25) is 0 Å². The van der Waals surface area contributed by atoms with Crippen LogP contribution >= 0.6 is 0 Å². The lowest BCUT2D eigenvalue weighted by Crippen LogP contribution is -2.45. The van der Waals surface area contributed by atoms with Crippen LogP contribution < -0.4 is 4.74 Å². The third kappa shape index (κ3) is 5.27. The highest BCUT2D eigenvalue weighted by atomic mass is 16.5. The van der Waals surface area contributed by atoms with Gasteiger partial charge in [0.05, 0.1) is 26.4 Å². The van der Waals surface area contributed by atoms with Crippen molar-refractivity contribution in [2.24, 2.45) is 5.92 Å². The first kappa shape index (κ1) is 17.3. The van der Waals surface area contributed by atoms with Crippen LogP contribution in [0.25, 0.3) is 0 Å². The topological polar surface area (TPSA) is 41.9 Å². The molecule has 22 heavy (non-hydrogen) atoms. The molecule has 1 aromatic rings. The first-order chi connectivity index (χ1) is 10.6. The molecule has 1 aliphatic heterocycles. The zero-order chi connectivity index (χ0) is 15.9. The molecule has 1 saturated heterocycles. The molecule has 1 fully saturated rings. The van der Waals surface area contributed by atoms with Crippen molar-refractivity contribution in [3.8, 4) is 5.75 Å². The number of aliphatic hydroxyl groups excluding tert-OH is 1. The summed E-state index contributed by atoms with van der Waals surface area (Å²) in [5.41, 5.74) is 1.06. The van der Waals surface area contributed by atoms with Gasteiger partial charge in [-0.25, -0.2) is 0 Å². The zero-order valence-electron chi connectivity index (χ0n) is 14.0.